The van der Waals surface area contributed by atoms with Crippen molar-refractivity contribution in [3.8, 4) is 0 Å². The molecule has 1 aliphatic rings. The second-order valence-electron chi connectivity index (χ2n) is 8.32. The SMILES string of the molecule is CC1CCN(c2ccc([N+](=O)[O-])cc2C(=O)NCc2ccccc2CN(C)C)CC1. The molecule has 30 heavy (non-hydrogen) atoms. The molecule has 0 radical (unpaired) electrons. The largest absolute Gasteiger partial charge is 0.371 e. The van der Waals surface area contributed by atoms with Gasteiger partial charge in [0.15, 0.2) is 0 Å². The molecule has 1 fully saturated rings. The molecular formula is C23H30N4O3. The first-order valence-electron chi connectivity index (χ1n) is 10.4. The molecule has 1 saturated heterocycles. The Morgan fingerprint density at radius 3 is 2.47 bits per heavy atom. The average molecular weight is 411 g/mol. The Hall–Kier alpha value is -2.93. The van der Waals surface area contributed by atoms with E-state index >= 15 is 0 Å². The van der Waals surface area contributed by atoms with Crippen LogP contribution in [0.15, 0.2) is 42.5 Å². The van der Waals surface area contributed by atoms with Gasteiger partial charge in [-0.25, -0.2) is 0 Å². The molecule has 7 heteroatoms. The summed E-state index contributed by atoms with van der Waals surface area (Å²) in [6.07, 6.45) is 2.10. The lowest BCUT2D eigenvalue weighted by molar-refractivity contribution is -0.384. The van der Waals surface area contributed by atoms with Gasteiger partial charge >= 0.3 is 0 Å². The zero-order chi connectivity index (χ0) is 21.7. The minimum atomic E-state index is -0.453. The van der Waals surface area contributed by atoms with Gasteiger partial charge in [0, 0.05) is 38.3 Å². The summed E-state index contributed by atoms with van der Waals surface area (Å²) in [5.41, 5.74) is 3.25. The van der Waals surface area contributed by atoms with Crippen LogP contribution in [0.4, 0.5) is 11.4 Å². The summed E-state index contributed by atoms with van der Waals surface area (Å²) in [4.78, 5) is 28.2. The number of rotatable bonds is 7. The summed E-state index contributed by atoms with van der Waals surface area (Å²) >= 11 is 0. The van der Waals surface area contributed by atoms with Crippen LogP contribution in [0, 0.1) is 16.0 Å². The number of anilines is 1. The fraction of sp³-hybridized carbons (Fsp3) is 0.435. The number of nitrogens with zero attached hydrogens (tertiary/aromatic N) is 3. The number of nitro groups is 1. The molecule has 3 rings (SSSR count). The van der Waals surface area contributed by atoms with Crippen LogP contribution in [0.2, 0.25) is 0 Å². The highest BCUT2D eigenvalue weighted by Gasteiger charge is 2.23. The highest BCUT2D eigenvalue weighted by Crippen LogP contribution is 2.29. The summed E-state index contributed by atoms with van der Waals surface area (Å²) < 4.78 is 0. The lowest BCUT2D eigenvalue weighted by Crippen LogP contribution is -2.35. The maximum Gasteiger partial charge on any atom is 0.270 e. The van der Waals surface area contributed by atoms with Gasteiger partial charge in [-0.1, -0.05) is 31.2 Å². The van der Waals surface area contributed by atoms with Crippen molar-refractivity contribution < 1.29 is 9.72 Å². The molecule has 1 aliphatic heterocycles. The molecule has 0 unspecified atom stereocenters. The Bertz CT molecular complexity index is 905. The third kappa shape index (κ3) is 5.36. The Balaban J connectivity index is 1.82. The van der Waals surface area contributed by atoms with Gasteiger partial charge in [-0.2, -0.15) is 0 Å². The van der Waals surface area contributed by atoms with Crippen molar-refractivity contribution in [3.05, 3.63) is 69.3 Å². The molecule has 1 heterocycles. The molecule has 0 aromatic heterocycles. The first kappa shape index (κ1) is 21.8. The van der Waals surface area contributed by atoms with E-state index in [1.165, 1.54) is 12.1 Å². The second kappa shape index (κ2) is 9.71. The minimum Gasteiger partial charge on any atom is -0.371 e. The van der Waals surface area contributed by atoms with E-state index in [2.05, 4.69) is 28.1 Å². The molecule has 0 spiro atoms. The topological polar surface area (TPSA) is 78.7 Å². The van der Waals surface area contributed by atoms with Gasteiger partial charge in [0.05, 0.1) is 16.2 Å². The first-order chi connectivity index (χ1) is 14.3. The van der Waals surface area contributed by atoms with Gasteiger partial charge in [-0.05, 0) is 50.0 Å². The maximum absolute atomic E-state index is 13.1. The number of amides is 1. The fourth-order valence-electron chi connectivity index (χ4n) is 3.84. The maximum atomic E-state index is 13.1. The highest BCUT2D eigenvalue weighted by molar-refractivity contribution is 6.00. The van der Waals surface area contributed by atoms with Crippen LogP contribution in [-0.2, 0) is 13.1 Å². The van der Waals surface area contributed by atoms with Crippen molar-refractivity contribution in [2.75, 3.05) is 32.1 Å². The monoisotopic (exact) mass is 410 g/mol. The van der Waals surface area contributed by atoms with Crippen molar-refractivity contribution in [1.82, 2.24) is 10.2 Å². The normalized spacial score (nSPS) is 14.7. The average Bonchev–Trinajstić information content (AvgIpc) is 2.72. The minimum absolute atomic E-state index is 0.0673. The third-order valence-electron chi connectivity index (χ3n) is 5.60. The van der Waals surface area contributed by atoms with E-state index < -0.39 is 4.92 Å². The highest BCUT2D eigenvalue weighted by atomic mass is 16.6. The molecule has 2 aromatic rings. The molecule has 1 N–H and O–H groups in total. The molecule has 0 bridgehead atoms. The molecule has 1 amide bonds. The van der Waals surface area contributed by atoms with E-state index in [-0.39, 0.29) is 11.6 Å². The molecule has 0 saturated carbocycles. The van der Waals surface area contributed by atoms with Crippen molar-refractivity contribution in [1.29, 1.82) is 0 Å². The van der Waals surface area contributed by atoms with E-state index in [1.807, 2.05) is 32.3 Å². The number of hydrogen-bond acceptors (Lipinski definition) is 5. The summed E-state index contributed by atoms with van der Waals surface area (Å²) in [5.74, 6) is 0.372. The molecule has 0 atom stereocenters. The van der Waals surface area contributed by atoms with E-state index in [0.29, 0.717) is 18.0 Å². The number of carbonyl (C=O) groups excluding carboxylic acids is 1. The van der Waals surface area contributed by atoms with Crippen LogP contribution < -0.4 is 10.2 Å². The van der Waals surface area contributed by atoms with Crippen LogP contribution in [0.5, 0.6) is 0 Å². The summed E-state index contributed by atoms with van der Waals surface area (Å²) in [7, 11) is 4.01. The van der Waals surface area contributed by atoms with Crippen molar-refractivity contribution >= 4 is 17.3 Å². The van der Waals surface area contributed by atoms with Crippen molar-refractivity contribution in [2.45, 2.75) is 32.9 Å². The van der Waals surface area contributed by atoms with Crippen LogP contribution in [0.3, 0.4) is 0 Å². The van der Waals surface area contributed by atoms with Crippen molar-refractivity contribution in [2.24, 2.45) is 5.92 Å². The second-order valence-corrected chi connectivity index (χ2v) is 8.32. The van der Waals surface area contributed by atoms with Gasteiger partial charge in [0.25, 0.3) is 11.6 Å². The van der Waals surface area contributed by atoms with Gasteiger partial charge in [-0.3, -0.25) is 14.9 Å². The number of nitro benzene ring substituents is 1. The van der Waals surface area contributed by atoms with E-state index in [4.69, 9.17) is 0 Å². The Morgan fingerprint density at radius 2 is 1.83 bits per heavy atom. The number of piperidine rings is 1. The van der Waals surface area contributed by atoms with Crippen LogP contribution in [0.25, 0.3) is 0 Å². The molecule has 0 aliphatic carbocycles. The third-order valence-corrected chi connectivity index (χ3v) is 5.60. The molecule has 160 valence electrons. The standard InChI is InChI=1S/C23H30N4O3/c1-17-10-12-26(13-11-17)22-9-8-20(27(29)30)14-21(22)23(28)24-15-18-6-4-5-7-19(18)16-25(2)3/h4-9,14,17H,10-13,15-16H2,1-3H3,(H,24,28). The quantitative estimate of drug-likeness (QED) is 0.554. The molecule has 7 nitrogen and oxygen atoms in total. The Labute approximate surface area is 177 Å². The number of non-ortho nitro benzene ring substituents is 1. The smallest absolute Gasteiger partial charge is 0.270 e. The van der Waals surface area contributed by atoms with Gasteiger partial charge in [0.2, 0.25) is 0 Å². The zero-order valence-corrected chi connectivity index (χ0v) is 17.9. The van der Waals surface area contributed by atoms with E-state index in [0.717, 1.165) is 49.3 Å². The van der Waals surface area contributed by atoms with Crippen LogP contribution in [0.1, 0.15) is 41.3 Å². The van der Waals surface area contributed by atoms with Crippen LogP contribution >= 0.6 is 0 Å². The van der Waals surface area contributed by atoms with Gasteiger partial charge < -0.3 is 15.1 Å². The summed E-state index contributed by atoms with van der Waals surface area (Å²) in [5, 5.41) is 14.3. The van der Waals surface area contributed by atoms with Crippen molar-refractivity contribution in [3.63, 3.8) is 0 Å². The van der Waals surface area contributed by atoms with E-state index in [1.54, 1.807) is 6.07 Å². The fourth-order valence-corrected chi connectivity index (χ4v) is 3.84. The number of benzene rings is 2. The lowest BCUT2D eigenvalue weighted by Gasteiger charge is -2.33. The molecular weight excluding hydrogens is 380 g/mol. The Morgan fingerprint density at radius 1 is 1.17 bits per heavy atom. The summed E-state index contributed by atoms with van der Waals surface area (Å²) in [6.45, 7) is 5.09. The zero-order valence-electron chi connectivity index (χ0n) is 17.9. The van der Waals surface area contributed by atoms with Gasteiger partial charge in [0.1, 0.15) is 0 Å². The van der Waals surface area contributed by atoms with Gasteiger partial charge in [-0.15, -0.1) is 0 Å². The number of carbonyl (C=O) groups is 1. The predicted octanol–water partition coefficient (Wildman–Crippen LogP) is 3.82. The first-order valence-corrected chi connectivity index (χ1v) is 10.4. The summed E-state index contributed by atoms with van der Waals surface area (Å²) in [6, 6.07) is 12.6. The predicted molar refractivity (Wildman–Crippen MR) is 119 cm³/mol. The van der Waals surface area contributed by atoms with E-state index in [9.17, 15) is 14.9 Å². The van der Waals surface area contributed by atoms with Crippen LogP contribution in [-0.4, -0.2) is 42.9 Å². The lowest BCUT2D eigenvalue weighted by atomic mass is 9.97. The number of nitrogens with one attached hydrogen (secondary N) is 1. The molecule has 2 aromatic carbocycles. The number of hydrogen-bond donors (Lipinski definition) is 1. The Kier molecular flexibility index (Phi) is 7.05.